The van der Waals surface area contributed by atoms with E-state index in [1.165, 1.54) is 0 Å². The van der Waals surface area contributed by atoms with Crippen LogP contribution in [0.15, 0.2) is 24.3 Å². The van der Waals surface area contributed by atoms with Crippen molar-refractivity contribution in [2.45, 2.75) is 12.8 Å². The first-order chi connectivity index (χ1) is 7.24. The second-order valence-electron chi connectivity index (χ2n) is 3.37. The molecule has 5 N–H and O–H groups in total. The summed E-state index contributed by atoms with van der Waals surface area (Å²) in [6.45, 7) is 1.33. The van der Waals surface area contributed by atoms with E-state index in [4.69, 9.17) is 11.5 Å². The molecule has 0 spiro atoms. The number of hydrogen-bond donors (Lipinski definition) is 3. The van der Waals surface area contributed by atoms with Gasteiger partial charge in [-0.1, -0.05) is 0 Å². The number of amides is 1. The minimum atomic E-state index is -0.0629. The monoisotopic (exact) mass is 207 g/mol. The number of nitrogens with one attached hydrogen (secondary N) is 1. The van der Waals surface area contributed by atoms with Crippen molar-refractivity contribution in [3.63, 3.8) is 0 Å². The minimum absolute atomic E-state index is 0.0629. The highest BCUT2D eigenvalue weighted by Crippen LogP contribution is 2.04. The molecule has 0 radical (unpaired) electrons. The van der Waals surface area contributed by atoms with Crippen LogP contribution in [0.2, 0.25) is 0 Å². The molecule has 0 fully saturated rings. The highest BCUT2D eigenvalue weighted by molar-refractivity contribution is 5.94. The van der Waals surface area contributed by atoms with E-state index in [9.17, 15) is 4.79 Å². The Labute approximate surface area is 89.6 Å². The van der Waals surface area contributed by atoms with Crippen LogP contribution in [0, 0.1) is 0 Å². The lowest BCUT2D eigenvalue weighted by atomic mass is 10.2. The third kappa shape index (κ3) is 3.99. The van der Waals surface area contributed by atoms with Crippen molar-refractivity contribution < 1.29 is 4.79 Å². The second-order valence-corrected chi connectivity index (χ2v) is 3.37. The molecular formula is C11H17N3O. The van der Waals surface area contributed by atoms with Crippen molar-refractivity contribution in [2.24, 2.45) is 5.73 Å². The third-order valence-electron chi connectivity index (χ3n) is 2.09. The zero-order valence-corrected chi connectivity index (χ0v) is 8.70. The predicted octanol–water partition coefficient (Wildman–Crippen LogP) is 0.738. The lowest BCUT2D eigenvalue weighted by Crippen LogP contribution is -2.24. The van der Waals surface area contributed by atoms with E-state index < -0.39 is 0 Å². The van der Waals surface area contributed by atoms with Crippen LogP contribution < -0.4 is 16.8 Å². The van der Waals surface area contributed by atoms with Gasteiger partial charge < -0.3 is 16.8 Å². The van der Waals surface area contributed by atoms with Gasteiger partial charge in [0.25, 0.3) is 5.91 Å². The Hall–Kier alpha value is -1.55. The first kappa shape index (κ1) is 11.5. The zero-order chi connectivity index (χ0) is 11.1. The van der Waals surface area contributed by atoms with Crippen molar-refractivity contribution in [1.82, 2.24) is 5.32 Å². The lowest BCUT2D eigenvalue weighted by molar-refractivity contribution is 0.0953. The van der Waals surface area contributed by atoms with Crippen LogP contribution in [0.5, 0.6) is 0 Å². The van der Waals surface area contributed by atoms with E-state index in [-0.39, 0.29) is 5.91 Å². The number of benzene rings is 1. The Morgan fingerprint density at radius 1 is 1.20 bits per heavy atom. The summed E-state index contributed by atoms with van der Waals surface area (Å²) in [6, 6.07) is 6.87. The molecule has 0 aliphatic carbocycles. The highest BCUT2D eigenvalue weighted by atomic mass is 16.1. The van der Waals surface area contributed by atoms with Crippen molar-refractivity contribution in [2.75, 3.05) is 18.8 Å². The van der Waals surface area contributed by atoms with Gasteiger partial charge in [0.05, 0.1) is 0 Å². The average molecular weight is 207 g/mol. The summed E-state index contributed by atoms with van der Waals surface area (Å²) < 4.78 is 0. The summed E-state index contributed by atoms with van der Waals surface area (Å²) in [5.74, 6) is -0.0629. The van der Waals surface area contributed by atoms with E-state index in [0.29, 0.717) is 24.3 Å². The molecule has 82 valence electrons. The number of nitrogens with two attached hydrogens (primary N) is 2. The normalized spacial score (nSPS) is 9.93. The summed E-state index contributed by atoms with van der Waals surface area (Å²) >= 11 is 0. The molecule has 0 aliphatic heterocycles. The fourth-order valence-corrected chi connectivity index (χ4v) is 1.21. The summed E-state index contributed by atoms with van der Waals surface area (Å²) in [7, 11) is 0. The predicted molar refractivity (Wildman–Crippen MR) is 61.5 cm³/mol. The van der Waals surface area contributed by atoms with E-state index in [1.54, 1.807) is 24.3 Å². The van der Waals surface area contributed by atoms with Crippen LogP contribution in [0.1, 0.15) is 23.2 Å². The molecule has 1 aromatic rings. The van der Waals surface area contributed by atoms with Crippen LogP contribution in [-0.2, 0) is 0 Å². The molecule has 4 nitrogen and oxygen atoms in total. The highest BCUT2D eigenvalue weighted by Gasteiger charge is 2.02. The Balaban J connectivity index is 2.37. The molecule has 0 aromatic heterocycles. The first-order valence-electron chi connectivity index (χ1n) is 5.08. The Morgan fingerprint density at radius 2 is 1.87 bits per heavy atom. The maximum absolute atomic E-state index is 11.5. The maximum atomic E-state index is 11.5. The molecule has 0 atom stereocenters. The average Bonchev–Trinajstić information content (AvgIpc) is 2.25. The summed E-state index contributed by atoms with van der Waals surface area (Å²) in [6.07, 6.45) is 1.85. The van der Waals surface area contributed by atoms with Crippen LogP contribution in [0.3, 0.4) is 0 Å². The van der Waals surface area contributed by atoms with Crippen LogP contribution >= 0.6 is 0 Å². The number of nitrogen functional groups attached to an aromatic ring is 1. The molecule has 4 heteroatoms. The van der Waals surface area contributed by atoms with Crippen molar-refractivity contribution >= 4 is 11.6 Å². The molecule has 0 saturated carbocycles. The Morgan fingerprint density at radius 3 is 2.47 bits per heavy atom. The molecule has 0 bridgehead atoms. The smallest absolute Gasteiger partial charge is 0.251 e. The number of carbonyl (C=O) groups excluding carboxylic acids is 1. The minimum Gasteiger partial charge on any atom is -0.399 e. The van der Waals surface area contributed by atoms with Gasteiger partial charge in [0, 0.05) is 17.8 Å². The van der Waals surface area contributed by atoms with E-state index in [2.05, 4.69) is 5.32 Å². The fourth-order valence-electron chi connectivity index (χ4n) is 1.21. The third-order valence-corrected chi connectivity index (χ3v) is 2.09. The molecule has 15 heavy (non-hydrogen) atoms. The van der Waals surface area contributed by atoms with E-state index in [0.717, 1.165) is 12.8 Å². The number of rotatable bonds is 5. The fraction of sp³-hybridized carbons (Fsp3) is 0.364. The van der Waals surface area contributed by atoms with Gasteiger partial charge in [-0.05, 0) is 43.7 Å². The lowest BCUT2D eigenvalue weighted by Gasteiger charge is -2.04. The first-order valence-corrected chi connectivity index (χ1v) is 5.08. The number of unbranched alkanes of at least 4 members (excludes halogenated alkanes) is 1. The largest absolute Gasteiger partial charge is 0.399 e. The molecular weight excluding hydrogens is 190 g/mol. The van der Waals surface area contributed by atoms with Crippen LogP contribution in [0.4, 0.5) is 5.69 Å². The van der Waals surface area contributed by atoms with Gasteiger partial charge in [0.1, 0.15) is 0 Å². The quantitative estimate of drug-likeness (QED) is 0.492. The van der Waals surface area contributed by atoms with Crippen molar-refractivity contribution in [3.8, 4) is 0 Å². The van der Waals surface area contributed by atoms with Gasteiger partial charge in [-0.2, -0.15) is 0 Å². The maximum Gasteiger partial charge on any atom is 0.251 e. The van der Waals surface area contributed by atoms with Gasteiger partial charge in [0.15, 0.2) is 0 Å². The number of carbonyl (C=O) groups is 1. The second kappa shape index (κ2) is 6.03. The SMILES string of the molecule is NCCCCNC(=O)c1ccc(N)cc1. The van der Waals surface area contributed by atoms with Gasteiger partial charge in [-0.15, -0.1) is 0 Å². The summed E-state index contributed by atoms with van der Waals surface area (Å²) in [5.41, 5.74) is 12.2. The zero-order valence-electron chi connectivity index (χ0n) is 8.70. The van der Waals surface area contributed by atoms with E-state index in [1.807, 2.05) is 0 Å². The molecule has 0 heterocycles. The van der Waals surface area contributed by atoms with Crippen molar-refractivity contribution in [1.29, 1.82) is 0 Å². The molecule has 0 saturated heterocycles. The molecule has 1 amide bonds. The molecule has 1 aromatic carbocycles. The number of anilines is 1. The van der Waals surface area contributed by atoms with Gasteiger partial charge >= 0.3 is 0 Å². The standard InChI is InChI=1S/C11H17N3O/c12-7-1-2-8-14-11(15)9-3-5-10(13)6-4-9/h3-6H,1-2,7-8,12-13H2,(H,14,15). The molecule has 1 rings (SSSR count). The Kier molecular flexibility index (Phi) is 4.63. The van der Waals surface area contributed by atoms with Crippen LogP contribution in [0.25, 0.3) is 0 Å². The summed E-state index contributed by atoms with van der Waals surface area (Å²) in [5, 5.41) is 2.82. The van der Waals surface area contributed by atoms with Gasteiger partial charge in [0.2, 0.25) is 0 Å². The van der Waals surface area contributed by atoms with Crippen molar-refractivity contribution in [3.05, 3.63) is 29.8 Å². The topological polar surface area (TPSA) is 81.1 Å². The van der Waals surface area contributed by atoms with Gasteiger partial charge in [-0.25, -0.2) is 0 Å². The van der Waals surface area contributed by atoms with Crippen LogP contribution in [-0.4, -0.2) is 19.0 Å². The van der Waals surface area contributed by atoms with E-state index >= 15 is 0 Å². The molecule has 0 aliphatic rings. The summed E-state index contributed by atoms with van der Waals surface area (Å²) in [4.78, 5) is 11.5. The Bertz CT molecular complexity index is 308. The number of hydrogen-bond acceptors (Lipinski definition) is 3. The van der Waals surface area contributed by atoms with Gasteiger partial charge in [-0.3, -0.25) is 4.79 Å². The molecule has 0 unspecified atom stereocenters.